The number of halogens is 2. The number of rotatable bonds is 8. The van der Waals surface area contributed by atoms with Crippen molar-refractivity contribution in [3.63, 3.8) is 0 Å². The molecule has 0 amide bonds. The van der Waals surface area contributed by atoms with E-state index in [1.54, 1.807) is 7.05 Å². The van der Waals surface area contributed by atoms with Gasteiger partial charge in [0, 0.05) is 17.1 Å². The van der Waals surface area contributed by atoms with E-state index < -0.39 is 0 Å². The third-order valence-electron chi connectivity index (χ3n) is 4.92. The fourth-order valence-corrected chi connectivity index (χ4v) is 3.93. The Labute approximate surface area is 222 Å². The molecule has 36 heavy (non-hydrogen) atoms. The van der Waals surface area contributed by atoms with Crippen LogP contribution in [0.1, 0.15) is 17.3 Å². The molecule has 0 aliphatic heterocycles. The normalized spacial score (nSPS) is 11.5. The topological polar surface area (TPSA) is 113 Å². The quantitative estimate of drug-likeness (QED) is 0.166. The highest BCUT2D eigenvalue weighted by Crippen LogP contribution is 2.39. The molecule has 3 aromatic carbocycles. The van der Waals surface area contributed by atoms with Crippen molar-refractivity contribution in [1.82, 2.24) is 30.4 Å². The van der Waals surface area contributed by atoms with E-state index in [-0.39, 0.29) is 18.4 Å². The molecule has 5 aromatic rings. The average molecular weight is 611 g/mol. The van der Waals surface area contributed by atoms with Gasteiger partial charge in [0.25, 0.3) is 11.8 Å². The smallest absolute Gasteiger partial charge is 0.257 e. The van der Waals surface area contributed by atoms with Gasteiger partial charge in [0.15, 0.2) is 18.1 Å². The molecule has 180 valence electrons. The largest absolute Gasteiger partial charge is 0.455 e. The summed E-state index contributed by atoms with van der Waals surface area (Å²) in [6.45, 7) is -0.0501. The van der Waals surface area contributed by atoms with E-state index >= 15 is 0 Å². The summed E-state index contributed by atoms with van der Waals surface area (Å²) in [5, 5.41) is 24.1. The fourth-order valence-electron chi connectivity index (χ4n) is 3.22. The Hall–Kier alpha value is -3.90. The number of para-hydroxylation sites is 1. The predicted molar refractivity (Wildman–Crippen MR) is 137 cm³/mol. The van der Waals surface area contributed by atoms with Gasteiger partial charge in [-0.25, -0.2) is 4.68 Å². The average Bonchev–Trinajstić information content (AvgIpc) is 3.54. The van der Waals surface area contributed by atoms with Gasteiger partial charge >= 0.3 is 0 Å². The second kappa shape index (κ2) is 10.8. The third-order valence-corrected chi connectivity index (χ3v) is 6.07. The van der Waals surface area contributed by atoms with E-state index in [1.165, 1.54) is 4.68 Å². The minimum Gasteiger partial charge on any atom is -0.455 e. The van der Waals surface area contributed by atoms with Crippen LogP contribution in [-0.2, 0) is 18.5 Å². The van der Waals surface area contributed by atoms with Gasteiger partial charge in [-0.3, -0.25) is 0 Å². The third kappa shape index (κ3) is 5.34. The first-order valence-corrected chi connectivity index (χ1v) is 12.2. The first-order chi connectivity index (χ1) is 17.6. The molecule has 5 rings (SSSR count). The van der Waals surface area contributed by atoms with Crippen molar-refractivity contribution >= 4 is 37.6 Å². The zero-order valence-corrected chi connectivity index (χ0v) is 21.9. The van der Waals surface area contributed by atoms with Crippen LogP contribution in [0.5, 0.6) is 11.5 Å². The zero-order valence-electron chi connectivity index (χ0n) is 18.7. The Bertz CT molecular complexity index is 1500. The van der Waals surface area contributed by atoms with Gasteiger partial charge < -0.3 is 14.0 Å². The molecule has 2 aromatic heterocycles. The number of nitrogens with zero attached hydrogens (tertiary/aromatic N) is 7. The van der Waals surface area contributed by atoms with Gasteiger partial charge in [-0.05, 0) is 62.8 Å². The Morgan fingerprint density at radius 3 is 2.50 bits per heavy atom. The number of hydrogen-bond donors (Lipinski definition) is 0. The zero-order chi connectivity index (χ0) is 24.9. The number of aromatic nitrogens is 6. The molecule has 0 saturated carbocycles. The number of aryl methyl sites for hydroxylation is 1. The van der Waals surface area contributed by atoms with Crippen molar-refractivity contribution in [2.75, 3.05) is 0 Å². The van der Waals surface area contributed by atoms with E-state index in [4.69, 9.17) is 14.0 Å². The molecule has 0 fully saturated rings. The van der Waals surface area contributed by atoms with Crippen LogP contribution in [0.15, 0.2) is 91.3 Å². The molecule has 0 N–H and O–H groups in total. The Balaban J connectivity index is 1.36. The lowest BCUT2D eigenvalue weighted by Gasteiger charge is -2.11. The highest BCUT2D eigenvalue weighted by molar-refractivity contribution is 9.10. The van der Waals surface area contributed by atoms with Crippen molar-refractivity contribution in [3.05, 3.63) is 99.0 Å². The standard InChI is InChI=1S/C24H17Br2N7O3/c1-33-23(28-31-32-33)21(15-6-3-2-4-7-15)30-34-14-20-27-29-24(36-20)18-8-5-9-19(26)22(18)35-17-12-10-16(25)11-13-17/h2-13H,14H2,1H3/b30-21-. The molecule has 0 spiro atoms. The lowest BCUT2D eigenvalue weighted by Crippen LogP contribution is -2.12. The molecule has 0 atom stereocenters. The minimum absolute atomic E-state index is 0.0501. The van der Waals surface area contributed by atoms with Crippen LogP contribution in [0.3, 0.4) is 0 Å². The van der Waals surface area contributed by atoms with E-state index in [1.807, 2.05) is 72.8 Å². The monoisotopic (exact) mass is 609 g/mol. The van der Waals surface area contributed by atoms with Crippen LogP contribution in [0.25, 0.3) is 11.5 Å². The van der Waals surface area contributed by atoms with Gasteiger partial charge in [-0.2, -0.15) is 0 Å². The molecule has 0 bridgehead atoms. The van der Waals surface area contributed by atoms with Gasteiger partial charge in [-0.15, -0.1) is 15.3 Å². The Kier molecular flexibility index (Phi) is 7.14. The highest BCUT2D eigenvalue weighted by atomic mass is 79.9. The second-order valence-electron chi connectivity index (χ2n) is 7.38. The number of ether oxygens (including phenoxy) is 1. The van der Waals surface area contributed by atoms with E-state index in [0.717, 1.165) is 14.5 Å². The van der Waals surface area contributed by atoms with Crippen molar-refractivity contribution in [2.24, 2.45) is 12.2 Å². The Morgan fingerprint density at radius 1 is 0.944 bits per heavy atom. The summed E-state index contributed by atoms with van der Waals surface area (Å²) in [6, 6.07) is 22.6. The Morgan fingerprint density at radius 2 is 1.75 bits per heavy atom. The van der Waals surface area contributed by atoms with E-state index in [0.29, 0.717) is 28.6 Å². The maximum absolute atomic E-state index is 6.10. The molecular weight excluding hydrogens is 594 g/mol. The SMILES string of the molecule is Cn1nnnc1/C(=N\OCc1nnc(-c2cccc(Br)c2Oc2ccc(Br)cc2)o1)c1ccccc1. The summed E-state index contributed by atoms with van der Waals surface area (Å²) in [4.78, 5) is 5.56. The molecular formula is C24H17Br2N7O3. The van der Waals surface area contributed by atoms with Crippen LogP contribution in [0.2, 0.25) is 0 Å². The highest BCUT2D eigenvalue weighted by Gasteiger charge is 2.18. The number of hydrogen-bond acceptors (Lipinski definition) is 9. The summed E-state index contributed by atoms with van der Waals surface area (Å²) in [6.07, 6.45) is 0. The van der Waals surface area contributed by atoms with Crippen molar-refractivity contribution in [2.45, 2.75) is 6.61 Å². The summed E-state index contributed by atoms with van der Waals surface area (Å²) in [7, 11) is 1.73. The summed E-state index contributed by atoms with van der Waals surface area (Å²) >= 11 is 6.97. The molecule has 0 saturated heterocycles. The van der Waals surface area contributed by atoms with Crippen molar-refractivity contribution in [1.29, 1.82) is 0 Å². The summed E-state index contributed by atoms with van der Waals surface area (Å²) < 4.78 is 15.2. The minimum atomic E-state index is -0.0501. The lowest BCUT2D eigenvalue weighted by molar-refractivity contribution is 0.111. The predicted octanol–water partition coefficient (Wildman–Crippen LogP) is 5.55. The molecule has 12 heteroatoms. The number of tetrazole rings is 1. The van der Waals surface area contributed by atoms with Gasteiger partial charge in [0.1, 0.15) is 5.75 Å². The maximum atomic E-state index is 6.10. The van der Waals surface area contributed by atoms with Crippen LogP contribution < -0.4 is 4.74 Å². The van der Waals surface area contributed by atoms with E-state index in [2.05, 4.69) is 62.7 Å². The molecule has 2 heterocycles. The number of benzene rings is 3. The first-order valence-electron chi connectivity index (χ1n) is 10.6. The van der Waals surface area contributed by atoms with Crippen LogP contribution >= 0.6 is 31.9 Å². The molecule has 10 nitrogen and oxygen atoms in total. The van der Waals surface area contributed by atoms with Gasteiger partial charge in [0.05, 0.1) is 10.0 Å². The van der Waals surface area contributed by atoms with Crippen molar-refractivity contribution in [3.8, 4) is 23.0 Å². The number of oxime groups is 1. The van der Waals surface area contributed by atoms with E-state index in [9.17, 15) is 0 Å². The fraction of sp³-hybridized carbons (Fsp3) is 0.0833. The molecule has 0 aliphatic rings. The molecule has 0 aliphatic carbocycles. The lowest BCUT2D eigenvalue weighted by atomic mass is 10.1. The van der Waals surface area contributed by atoms with Crippen LogP contribution in [0, 0.1) is 0 Å². The van der Waals surface area contributed by atoms with Crippen LogP contribution in [0.4, 0.5) is 0 Å². The maximum Gasteiger partial charge on any atom is 0.257 e. The molecule has 0 radical (unpaired) electrons. The summed E-state index contributed by atoms with van der Waals surface area (Å²) in [5.74, 6) is 2.19. The summed E-state index contributed by atoms with van der Waals surface area (Å²) in [5.41, 5.74) is 1.90. The first kappa shape index (κ1) is 23.8. The van der Waals surface area contributed by atoms with Gasteiger partial charge in [0.2, 0.25) is 5.82 Å². The van der Waals surface area contributed by atoms with Gasteiger partial charge in [-0.1, -0.05) is 57.5 Å². The van der Waals surface area contributed by atoms with Crippen molar-refractivity contribution < 1.29 is 14.0 Å². The second-order valence-corrected chi connectivity index (χ2v) is 9.15. The van der Waals surface area contributed by atoms with Crippen LogP contribution in [-0.4, -0.2) is 36.1 Å². The molecule has 0 unspecified atom stereocenters.